The van der Waals surface area contributed by atoms with Gasteiger partial charge in [0.25, 0.3) is 0 Å². The fourth-order valence-corrected chi connectivity index (χ4v) is 8.95. The molecule has 0 bridgehead atoms. The standard InChI is InChI=1S/C38H25BN2/c1-3-12-24-22(10-1)20-29-35-25-13-4-2-11-23(25)21-33-38(35)41(39-30-17-7-5-15-28(30)34(24)36(29)39)32-19-9-16-27-26-14-6-8-18-31(26)40(33)37(27)32/h1,3,5-10,12,14-21H,2,4,11,13H2. The predicted octanol–water partition coefficient (Wildman–Crippen LogP) is 8.03. The largest absolute Gasteiger partial charge is 0.373 e. The average molecular weight is 520 g/mol. The zero-order valence-electron chi connectivity index (χ0n) is 22.6. The van der Waals surface area contributed by atoms with Gasteiger partial charge in [-0.05, 0) is 99.5 Å². The number of nitrogens with zero attached hydrogens (tertiary/aromatic N) is 2. The van der Waals surface area contributed by atoms with E-state index in [0.29, 0.717) is 0 Å². The van der Waals surface area contributed by atoms with E-state index in [1.54, 1.807) is 11.1 Å². The van der Waals surface area contributed by atoms with Gasteiger partial charge in [-0.15, -0.1) is 0 Å². The van der Waals surface area contributed by atoms with Crippen LogP contribution in [0.25, 0.3) is 60.5 Å². The summed E-state index contributed by atoms with van der Waals surface area (Å²) in [5.74, 6) is 0. The van der Waals surface area contributed by atoms with Crippen molar-refractivity contribution in [3.8, 4) is 27.9 Å². The number of hydrogen-bond donors (Lipinski definition) is 0. The summed E-state index contributed by atoms with van der Waals surface area (Å²) in [5, 5.41) is 5.40. The molecule has 1 aromatic heterocycles. The minimum absolute atomic E-state index is 0.158. The second kappa shape index (κ2) is 7.11. The van der Waals surface area contributed by atoms with E-state index >= 15 is 0 Å². The van der Waals surface area contributed by atoms with Crippen LogP contribution in [0.15, 0.2) is 103 Å². The first-order valence-corrected chi connectivity index (χ1v) is 15.0. The maximum absolute atomic E-state index is 2.74. The van der Waals surface area contributed by atoms with Crippen molar-refractivity contribution in [2.75, 3.05) is 4.81 Å². The molecule has 3 heteroatoms. The molecule has 0 atom stereocenters. The summed E-state index contributed by atoms with van der Waals surface area (Å²) in [6.45, 7) is 0.158. The molecule has 190 valence electrons. The van der Waals surface area contributed by atoms with E-state index in [1.807, 2.05) is 0 Å². The lowest BCUT2D eigenvalue weighted by atomic mass is 9.47. The van der Waals surface area contributed by atoms with Gasteiger partial charge in [-0.1, -0.05) is 78.9 Å². The second-order valence-electron chi connectivity index (χ2n) is 12.3. The van der Waals surface area contributed by atoms with E-state index in [-0.39, 0.29) is 6.85 Å². The number of anilines is 2. The van der Waals surface area contributed by atoms with Crippen molar-refractivity contribution in [2.45, 2.75) is 25.7 Å². The third kappa shape index (κ3) is 2.33. The van der Waals surface area contributed by atoms with Crippen LogP contribution >= 0.6 is 0 Å². The van der Waals surface area contributed by atoms with Crippen LogP contribution in [0.5, 0.6) is 0 Å². The second-order valence-corrected chi connectivity index (χ2v) is 12.3. The van der Waals surface area contributed by atoms with Gasteiger partial charge in [-0.25, -0.2) is 0 Å². The van der Waals surface area contributed by atoms with E-state index in [0.717, 1.165) is 6.42 Å². The van der Waals surface area contributed by atoms with Crippen molar-refractivity contribution in [3.63, 3.8) is 0 Å². The Hall–Kier alpha value is -4.76. The molecule has 7 aromatic rings. The van der Waals surface area contributed by atoms with Gasteiger partial charge < -0.3 is 9.38 Å². The zero-order chi connectivity index (χ0) is 26.4. The van der Waals surface area contributed by atoms with Crippen molar-refractivity contribution in [3.05, 3.63) is 114 Å². The fourth-order valence-electron chi connectivity index (χ4n) is 8.95. The predicted molar refractivity (Wildman–Crippen MR) is 173 cm³/mol. The van der Waals surface area contributed by atoms with Gasteiger partial charge in [-0.3, -0.25) is 0 Å². The normalized spacial score (nSPS) is 15.3. The Labute approximate surface area is 238 Å². The summed E-state index contributed by atoms with van der Waals surface area (Å²) >= 11 is 0. The Kier molecular flexibility index (Phi) is 3.65. The van der Waals surface area contributed by atoms with Gasteiger partial charge >= 0.3 is 6.85 Å². The van der Waals surface area contributed by atoms with E-state index in [4.69, 9.17) is 0 Å². The number of aryl methyl sites for hydroxylation is 1. The Morgan fingerprint density at radius 2 is 1.41 bits per heavy atom. The molecule has 3 aliphatic heterocycles. The molecule has 0 N–H and O–H groups in total. The molecule has 0 fully saturated rings. The molecule has 0 unspecified atom stereocenters. The SMILES string of the molecule is c1ccc2c(c1)B1c3c(cc4ccccc4c3-2)-c2c3c(cc4c2N1c1cccc2c5ccccc5n-4c12)CCCC3. The first-order chi connectivity index (χ1) is 20.4. The van der Waals surface area contributed by atoms with Crippen molar-refractivity contribution in [1.29, 1.82) is 0 Å². The molecule has 0 spiro atoms. The third-order valence-corrected chi connectivity index (χ3v) is 10.4. The molecule has 11 rings (SSSR count). The van der Waals surface area contributed by atoms with Crippen LogP contribution in [0.2, 0.25) is 0 Å². The first-order valence-electron chi connectivity index (χ1n) is 15.0. The molecule has 0 saturated heterocycles. The molecule has 2 nitrogen and oxygen atoms in total. The molecule has 0 saturated carbocycles. The summed E-state index contributed by atoms with van der Waals surface area (Å²) in [5.41, 5.74) is 18.6. The summed E-state index contributed by atoms with van der Waals surface area (Å²) in [6.07, 6.45) is 4.87. The third-order valence-electron chi connectivity index (χ3n) is 10.4. The van der Waals surface area contributed by atoms with Crippen LogP contribution in [0, 0.1) is 0 Å². The molecule has 4 heterocycles. The molecule has 1 aliphatic carbocycles. The van der Waals surface area contributed by atoms with Crippen LogP contribution in [0.3, 0.4) is 0 Å². The maximum Gasteiger partial charge on any atom is 0.330 e. The summed E-state index contributed by atoms with van der Waals surface area (Å²) < 4.78 is 2.60. The van der Waals surface area contributed by atoms with Gasteiger partial charge in [0.05, 0.1) is 28.1 Å². The summed E-state index contributed by atoms with van der Waals surface area (Å²) in [4.78, 5) is 2.74. The lowest BCUT2D eigenvalue weighted by molar-refractivity contribution is 0.686. The van der Waals surface area contributed by atoms with E-state index in [1.165, 1.54) is 102 Å². The highest BCUT2D eigenvalue weighted by molar-refractivity contribution is 6.95. The molecular formula is C38H25BN2. The Bertz CT molecular complexity index is 2340. The molecule has 4 aliphatic rings. The van der Waals surface area contributed by atoms with Crippen LogP contribution in [-0.2, 0) is 12.8 Å². The van der Waals surface area contributed by atoms with Crippen LogP contribution in [-0.4, -0.2) is 11.4 Å². The van der Waals surface area contributed by atoms with Crippen LogP contribution in [0.1, 0.15) is 24.0 Å². The Balaban J connectivity index is 1.42. The monoisotopic (exact) mass is 520 g/mol. The van der Waals surface area contributed by atoms with Crippen molar-refractivity contribution < 1.29 is 0 Å². The number of para-hydroxylation sites is 2. The Morgan fingerprint density at radius 3 is 2.39 bits per heavy atom. The lowest BCUT2D eigenvalue weighted by Gasteiger charge is -2.43. The molecule has 41 heavy (non-hydrogen) atoms. The van der Waals surface area contributed by atoms with Crippen molar-refractivity contribution in [1.82, 2.24) is 4.57 Å². The topological polar surface area (TPSA) is 8.17 Å². The maximum atomic E-state index is 2.74. The number of hydrogen-bond acceptors (Lipinski definition) is 1. The highest BCUT2D eigenvalue weighted by Gasteiger charge is 2.48. The lowest BCUT2D eigenvalue weighted by Crippen LogP contribution is -2.56. The summed E-state index contributed by atoms with van der Waals surface area (Å²) in [6, 6.07) is 39.3. The smallest absolute Gasteiger partial charge is 0.330 e. The minimum atomic E-state index is 0.158. The van der Waals surface area contributed by atoms with Crippen molar-refractivity contribution >= 4 is 61.7 Å². The van der Waals surface area contributed by atoms with Crippen LogP contribution < -0.4 is 15.7 Å². The summed E-state index contributed by atoms with van der Waals surface area (Å²) in [7, 11) is 0. The number of aromatic nitrogens is 1. The fraction of sp³-hybridized carbons (Fsp3) is 0.105. The highest BCUT2D eigenvalue weighted by atomic mass is 15.2. The number of benzene rings is 6. The van der Waals surface area contributed by atoms with E-state index in [2.05, 4.69) is 113 Å². The quantitative estimate of drug-likeness (QED) is 0.184. The number of rotatable bonds is 0. The average Bonchev–Trinajstić information content (AvgIpc) is 3.56. The molecule has 0 amide bonds. The van der Waals surface area contributed by atoms with Gasteiger partial charge in [0.2, 0.25) is 0 Å². The van der Waals surface area contributed by atoms with Gasteiger partial charge in [-0.2, -0.15) is 0 Å². The van der Waals surface area contributed by atoms with Gasteiger partial charge in [0.1, 0.15) is 0 Å². The molecule has 0 radical (unpaired) electrons. The van der Waals surface area contributed by atoms with Gasteiger partial charge in [0, 0.05) is 16.3 Å². The van der Waals surface area contributed by atoms with Crippen molar-refractivity contribution in [2.24, 2.45) is 0 Å². The number of fused-ring (bicyclic) bond motifs is 14. The molecular weight excluding hydrogens is 495 g/mol. The minimum Gasteiger partial charge on any atom is -0.373 e. The molecule has 6 aromatic carbocycles. The van der Waals surface area contributed by atoms with E-state index < -0.39 is 0 Å². The zero-order valence-corrected chi connectivity index (χ0v) is 22.6. The highest BCUT2D eigenvalue weighted by Crippen LogP contribution is 2.56. The van der Waals surface area contributed by atoms with E-state index in [9.17, 15) is 0 Å². The van der Waals surface area contributed by atoms with Gasteiger partial charge in [0.15, 0.2) is 0 Å². The Morgan fingerprint density at radius 1 is 0.610 bits per heavy atom. The van der Waals surface area contributed by atoms with Crippen LogP contribution in [0.4, 0.5) is 11.4 Å². The first kappa shape index (κ1) is 21.1.